The maximum absolute atomic E-state index is 12.8. The fourth-order valence-corrected chi connectivity index (χ4v) is 3.15. The second-order valence-electron chi connectivity index (χ2n) is 6.30. The molecular formula is C21H20N2O4. The van der Waals surface area contributed by atoms with Gasteiger partial charge in [0.15, 0.2) is 0 Å². The maximum atomic E-state index is 12.8. The van der Waals surface area contributed by atoms with Crippen molar-refractivity contribution >= 4 is 22.4 Å². The molecule has 0 radical (unpaired) electrons. The van der Waals surface area contributed by atoms with Gasteiger partial charge in [-0.3, -0.25) is 14.9 Å². The van der Waals surface area contributed by atoms with Gasteiger partial charge in [0.2, 0.25) is 0 Å². The lowest BCUT2D eigenvalue weighted by atomic mass is 9.99. The van der Waals surface area contributed by atoms with Crippen molar-refractivity contribution in [1.29, 1.82) is 0 Å². The van der Waals surface area contributed by atoms with Gasteiger partial charge in [-0.25, -0.2) is 0 Å². The predicted molar refractivity (Wildman–Crippen MR) is 104 cm³/mol. The van der Waals surface area contributed by atoms with Crippen LogP contribution in [0.15, 0.2) is 60.7 Å². The van der Waals surface area contributed by atoms with Gasteiger partial charge in [0.25, 0.3) is 11.6 Å². The fraction of sp³-hybridized carbons (Fsp3) is 0.190. The monoisotopic (exact) mass is 364 g/mol. The number of benzene rings is 3. The van der Waals surface area contributed by atoms with Crippen LogP contribution in [0, 0.1) is 10.1 Å². The molecule has 0 spiro atoms. The predicted octanol–water partition coefficient (Wildman–Crippen LogP) is 4.39. The smallest absolute Gasteiger partial charge is 0.270 e. The Morgan fingerprint density at radius 3 is 2.63 bits per heavy atom. The van der Waals surface area contributed by atoms with Crippen LogP contribution in [0.4, 0.5) is 5.69 Å². The third kappa shape index (κ3) is 3.96. The number of fused-ring (bicyclic) bond motifs is 1. The van der Waals surface area contributed by atoms with Crippen LogP contribution in [0.5, 0.6) is 0 Å². The van der Waals surface area contributed by atoms with E-state index in [1.165, 1.54) is 19.2 Å². The quantitative estimate of drug-likeness (QED) is 0.520. The van der Waals surface area contributed by atoms with Crippen LogP contribution in [0.2, 0.25) is 0 Å². The van der Waals surface area contributed by atoms with E-state index in [1.807, 2.05) is 49.4 Å². The molecule has 0 bridgehead atoms. The number of rotatable bonds is 6. The van der Waals surface area contributed by atoms with Crippen molar-refractivity contribution in [3.8, 4) is 0 Å². The standard InChI is InChI=1S/C21H20N2O4/c1-14(18-9-5-7-15-6-3-4-8-19(15)18)22-21(24)20-12-17(23(25)26)11-10-16(20)13-27-2/h3-12,14H,13H2,1-2H3,(H,22,24)/t14-/m1/s1. The number of methoxy groups -OCH3 is 1. The summed E-state index contributed by atoms with van der Waals surface area (Å²) in [6.45, 7) is 2.09. The van der Waals surface area contributed by atoms with E-state index in [0.717, 1.165) is 16.3 Å². The van der Waals surface area contributed by atoms with Gasteiger partial charge in [-0.15, -0.1) is 0 Å². The Balaban J connectivity index is 1.92. The molecule has 0 heterocycles. The molecule has 3 rings (SSSR count). The zero-order chi connectivity index (χ0) is 19.4. The Labute approximate surface area is 156 Å². The average Bonchev–Trinajstić information content (AvgIpc) is 2.67. The van der Waals surface area contributed by atoms with Crippen LogP contribution < -0.4 is 5.32 Å². The number of amides is 1. The topological polar surface area (TPSA) is 81.5 Å². The van der Waals surface area contributed by atoms with E-state index in [0.29, 0.717) is 5.56 Å². The van der Waals surface area contributed by atoms with E-state index < -0.39 is 4.92 Å². The number of nitro benzene ring substituents is 1. The van der Waals surface area contributed by atoms with E-state index >= 15 is 0 Å². The number of carbonyl (C=O) groups excluding carboxylic acids is 1. The summed E-state index contributed by atoms with van der Waals surface area (Å²) >= 11 is 0. The van der Waals surface area contributed by atoms with Gasteiger partial charge in [-0.1, -0.05) is 42.5 Å². The van der Waals surface area contributed by atoms with E-state index in [4.69, 9.17) is 4.74 Å². The lowest BCUT2D eigenvalue weighted by Crippen LogP contribution is -2.28. The molecule has 0 aliphatic rings. The Morgan fingerprint density at radius 2 is 1.89 bits per heavy atom. The molecule has 3 aromatic rings. The van der Waals surface area contributed by atoms with Gasteiger partial charge in [0.1, 0.15) is 0 Å². The molecule has 0 fully saturated rings. The highest BCUT2D eigenvalue weighted by atomic mass is 16.6. The lowest BCUT2D eigenvalue weighted by molar-refractivity contribution is -0.384. The molecule has 1 amide bonds. The van der Waals surface area contributed by atoms with Crippen molar-refractivity contribution in [3.63, 3.8) is 0 Å². The van der Waals surface area contributed by atoms with E-state index in [9.17, 15) is 14.9 Å². The molecule has 0 aromatic heterocycles. The summed E-state index contributed by atoms with van der Waals surface area (Å²) < 4.78 is 5.12. The summed E-state index contributed by atoms with van der Waals surface area (Å²) in [5.41, 5.74) is 1.71. The summed E-state index contributed by atoms with van der Waals surface area (Å²) in [6.07, 6.45) is 0. The summed E-state index contributed by atoms with van der Waals surface area (Å²) in [4.78, 5) is 23.4. The summed E-state index contributed by atoms with van der Waals surface area (Å²) in [7, 11) is 1.52. The van der Waals surface area contributed by atoms with E-state index in [-0.39, 0.29) is 29.8 Å². The van der Waals surface area contributed by atoms with Crippen LogP contribution in [-0.4, -0.2) is 17.9 Å². The van der Waals surface area contributed by atoms with Gasteiger partial charge in [0, 0.05) is 19.2 Å². The zero-order valence-electron chi connectivity index (χ0n) is 15.1. The molecule has 0 unspecified atom stereocenters. The first-order valence-electron chi connectivity index (χ1n) is 8.56. The van der Waals surface area contributed by atoms with Crippen LogP contribution in [0.1, 0.15) is 34.5 Å². The second kappa shape index (κ2) is 7.97. The number of hydrogen-bond acceptors (Lipinski definition) is 4. The third-order valence-corrected chi connectivity index (χ3v) is 4.49. The molecule has 0 aliphatic carbocycles. The van der Waals surface area contributed by atoms with Gasteiger partial charge < -0.3 is 10.1 Å². The highest BCUT2D eigenvalue weighted by Gasteiger charge is 2.19. The Bertz CT molecular complexity index is 995. The normalized spacial score (nSPS) is 11.9. The molecule has 0 aliphatic heterocycles. The molecule has 27 heavy (non-hydrogen) atoms. The average molecular weight is 364 g/mol. The lowest BCUT2D eigenvalue weighted by Gasteiger charge is -2.18. The molecule has 1 atom stereocenters. The Hall–Kier alpha value is -3.25. The first kappa shape index (κ1) is 18.5. The number of non-ortho nitro benzene ring substituents is 1. The van der Waals surface area contributed by atoms with Crippen molar-refractivity contribution in [1.82, 2.24) is 5.32 Å². The van der Waals surface area contributed by atoms with Gasteiger partial charge in [0.05, 0.1) is 23.1 Å². The first-order chi connectivity index (χ1) is 13.0. The van der Waals surface area contributed by atoms with Gasteiger partial charge in [-0.05, 0) is 34.9 Å². The SMILES string of the molecule is COCc1ccc([N+](=O)[O-])cc1C(=O)N[C@H](C)c1cccc2ccccc12. The van der Waals surface area contributed by atoms with Crippen LogP contribution in [0.3, 0.4) is 0 Å². The minimum absolute atomic E-state index is 0.127. The van der Waals surface area contributed by atoms with Crippen LogP contribution in [-0.2, 0) is 11.3 Å². The number of nitro groups is 1. The maximum Gasteiger partial charge on any atom is 0.270 e. The highest BCUT2D eigenvalue weighted by molar-refractivity contribution is 5.97. The molecule has 6 heteroatoms. The van der Waals surface area contributed by atoms with Crippen molar-refractivity contribution < 1.29 is 14.5 Å². The van der Waals surface area contributed by atoms with E-state index in [2.05, 4.69) is 5.32 Å². The van der Waals surface area contributed by atoms with Gasteiger partial charge in [-0.2, -0.15) is 0 Å². The number of nitrogens with one attached hydrogen (secondary N) is 1. The molecule has 3 aromatic carbocycles. The van der Waals surface area contributed by atoms with Crippen molar-refractivity contribution in [3.05, 3.63) is 87.5 Å². The van der Waals surface area contributed by atoms with Crippen molar-refractivity contribution in [2.75, 3.05) is 7.11 Å². The zero-order valence-corrected chi connectivity index (χ0v) is 15.1. The number of ether oxygens (including phenoxy) is 1. The molecule has 138 valence electrons. The van der Waals surface area contributed by atoms with Crippen molar-refractivity contribution in [2.24, 2.45) is 0 Å². The molecule has 0 saturated heterocycles. The Kier molecular flexibility index (Phi) is 5.47. The second-order valence-corrected chi connectivity index (χ2v) is 6.30. The minimum atomic E-state index is -0.512. The number of hydrogen-bond donors (Lipinski definition) is 1. The fourth-order valence-electron chi connectivity index (χ4n) is 3.15. The van der Waals surface area contributed by atoms with Crippen LogP contribution in [0.25, 0.3) is 10.8 Å². The third-order valence-electron chi connectivity index (χ3n) is 4.49. The van der Waals surface area contributed by atoms with Crippen LogP contribution >= 0.6 is 0 Å². The summed E-state index contributed by atoms with van der Waals surface area (Å²) in [5, 5.41) is 16.2. The van der Waals surface area contributed by atoms with Crippen molar-refractivity contribution in [2.45, 2.75) is 19.6 Å². The molecular weight excluding hydrogens is 344 g/mol. The molecule has 6 nitrogen and oxygen atoms in total. The minimum Gasteiger partial charge on any atom is -0.380 e. The van der Waals surface area contributed by atoms with Gasteiger partial charge >= 0.3 is 0 Å². The largest absolute Gasteiger partial charge is 0.380 e. The first-order valence-corrected chi connectivity index (χ1v) is 8.56. The summed E-state index contributed by atoms with van der Waals surface area (Å²) in [6, 6.07) is 17.8. The summed E-state index contributed by atoms with van der Waals surface area (Å²) in [5.74, 6) is -0.369. The van der Waals surface area contributed by atoms with E-state index in [1.54, 1.807) is 6.07 Å². The molecule has 0 saturated carbocycles. The Morgan fingerprint density at radius 1 is 1.15 bits per heavy atom. The number of nitrogens with zero attached hydrogens (tertiary/aromatic N) is 1. The molecule has 1 N–H and O–H groups in total. The highest BCUT2D eigenvalue weighted by Crippen LogP contribution is 2.25. The number of carbonyl (C=O) groups is 1.